The number of carbonyl (C=O) groups is 3. The average Bonchev–Trinajstić information content (AvgIpc) is 2.54. The molecule has 2 N–H and O–H groups in total. The van der Waals surface area contributed by atoms with E-state index in [-0.39, 0.29) is 18.9 Å². The second-order valence-electron chi connectivity index (χ2n) is 4.23. The minimum atomic E-state index is -1.64. The van der Waals surface area contributed by atoms with Crippen LogP contribution in [-0.2, 0) is 23.9 Å². The van der Waals surface area contributed by atoms with Gasteiger partial charge in [0, 0.05) is 5.56 Å². The zero-order valence-corrected chi connectivity index (χ0v) is 12.8. The summed E-state index contributed by atoms with van der Waals surface area (Å²) in [6.07, 6.45) is 0. The highest BCUT2D eigenvalue weighted by molar-refractivity contribution is 6.45. The lowest BCUT2D eigenvalue weighted by Crippen LogP contribution is -2.50. The van der Waals surface area contributed by atoms with E-state index >= 15 is 0 Å². The smallest absolute Gasteiger partial charge is 0.340 e. The van der Waals surface area contributed by atoms with Crippen LogP contribution in [0.2, 0.25) is 0 Å². The Labute approximate surface area is 133 Å². The van der Waals surface area contributed by atoms with Gasteiger partial charge in [-0.1, -0.05) is 35.5 Å². The van der Waals surface area contributed by atoms with Gasteiger partial charge in [0.25, 0.3) is 5.91 Å². The van der Waals surface area contributed by atoms with E-state index in [1.807, 2.05) is 0 Å². The molecule has 0 spiro atoms. The van der Waals surface area contributed by atoms with Crippen LogP contribution in [0.25, 0.3) is 0 Å². The van der Waals surface area contributed by atoms with Crippen LogP contribution < -0.4 is 5.32 Å². The summed E-state index contributed by atoms with van der Waals surface area (Å²) in [6.45, 7) is 3.19. The highest BCUT2D eigenvalue weighted by Crippen LogP contribution is 2.03. The molecule has 0 unspecified atom stereocenters. The Hall–Kier alpha value is -2.90. The Balaban J connectivity index is 2.95. The number of hydrogen-bond donors (Lipinski definition) is 2. The molecule has 0 bridgehead atoms. The van der Waals surface area contributed by atoms with E-state index in [2.05, 4.69) is 10.5 Å². The molecule has 8 nitrogen and oxygen atoms in total. The van der Waals surface area contributed by atoms with Gasteiger partial charge in [0.1, 0.15) is 0 Å². The standard InChI is InChI=1S/C15H18N2O6/c1-3-22-14(19)12(15(20)23-4-2)16-13(18)11(17-21)10-8-6-5-7-9-10/h5-9,12,21H,3-4H2,1-2H3,(H,16,18). The van der Waals surface area contributed by atoms with E-state index < -0.39 is 23.9 Å². The fourth-order valence-electron chi connectivity index (χ4n) is 1.69. The molecule has 0 aromatic heterocycles. The summed E-state index contributed by atoms with van der Waals surface area (Å²) in [5.74, 6) is -2.82. The first-order valence-corrected chi connectivity index (χ1v) is 6.96. The molecule has 1 amide bonds. The van der Waals surface area contributed by atoms with E-state index in [0.29, 0.717) is 5.56 Å². The van der Waals surface area contributed by atoms with Crippen molar-refractivity contribution in [3.05, 3.63) is 35.9 Å². The summed E-state index contributed by atoms with van der Waals surface area (Å²) in [7, 11) is 0. The lowest BCUT2D eigenvalue weighted by Gasteiger charge is -2.16. The minimum Gasteiger partial charge on any atom is -0.464 e. The molecule has 0 aliphatic heterocycles. The van der Waals surface area contributed by atoms with Crippen molar-refractivity contribution in [2.45, 2.75) is 19.9 Å². The summed E-state index contributed by atoms with van der Waals surface area (Å²) in [4.78, 5) is 35.8. The Morgan fingerprint density at radius 1 is 1.09 bits per heavy atom. The highest BCUT2D eigenvalue weighted by atomic mass is 16.6. The van der Waals surface area contributed by atoms with E-state index in [4.69, 9.17) is 14.7 Å². The molecule has 1 aromatic carbocycles. The molecule has 0 aliphatic carbocycles. The molecular weight excluding hydrogens is 304 g/mol. The fraction of sp³-hybridized carbons (Fsp3) is 0.333. The Morgan fingerprint density at radius 3 is 2.04 bits per heavy atom. The first kappa shape index (κ1) is 18.1. The first-order chi connectivity index (χ1) is 11.0. The van der Waals surface area contributed by atoms with Crippen LogP contribution in [-0.4, -0.2) is 48.0 Å². The van der Waals surface area contributed by atoms with E-state index in [1.165, 1.54) is 0 Å². The van der Waals surface area contributed by atoms with Crippen LogP contribution in [0.3, 0.4) is 0 Å². The van der Waals surface area contributed by atoms with Crippen molar-refractivity contribution >= 4 is 23.6 Å². The van der Waals surface area contributed by atoms with Crippen molar-refractivity contribution in [3.8, 4) is 0 Å². The maximum Gasteiger partial charge on any atom is 0.340 e. The van der Waals surface area contributed by atoms with Gasteiger partial charge < -0.3 is 20.0 Å². The Bertz CT molecular complexity index is 567. The highest BCUT2D eigenvalue weighted by Gasteiger charge is 2.32. The van der Waals surface area contributed by atoms with Gasteiger partial charge in [-0.25, -0.2) is 9.59 Å². The molecule has 0 saturated heterocycles. The molecule has 0 heterocycles. The number of rotatable bonds is 7. The zero-order valence-electron chi connectivity index (χ0n) is 12.8. The summed E-state index contributed by atoms with van der Waals surface area (Å²) < 4.78 is 9.47. The number of oxime groups is 1. The molecular formula is C15H18N2O6. The second kappa shape index (κ2) is 9.19. The summed E-state index contributed by atoms with van der Waals surface area (Å²) in [5, 5.41) is 14.1. The lowest BCUT2D eigenvalue weighted by atomic mass is 10.1. The molecule has 124 valence electrons. The van der Waals surface area contributed by atoms with Gasteiger partial charge in [-0.15, -0.1) is 0 Å². The van der Waals surface area contributed by atoms with Crippen LogP contribution in [0, 0.1) is 0 Å². The first-order valence-electron chi connectivity index (χ1n) is 6.96. The molecule has 0 saturated carbocycles. The zero-order chi connectivity index (χ0) is 17.2. The number of nitrogens with one attached hydrogen (secondary N) is 1. The van der Waals surface area contributed by atoms with Gasteiger partial charge in [-0.3, -0.25) is 4.79 Å². The van der Waals surface area contributed by atoms with Gasteiger partial charge in [0.2, 0.25) is 6.04 Å². The van der Waals surface area contributed by atoms with Crippen LogP contribution in [0.1, 0.15) is 19.4 Å². The van der Waals surface area contributed by atoms with E-state index in [1.54, 1.807) is 44.2 Å². The number of carbonyl (C=O) groups excluding carboxylic acids is 3. The van der Waals surface area contributed by atoms with Crippen molar-refractivity contribution < 1.29 is 29.1 Å². The molecule has 23 heavy (non-hydrogen) atoms. The molecule has 1 aromatic rings. The number of benzene rings is 1. The third-order valence-electron chi connectivity index (χ3n) is 2.68. The van der Waals surface area contributed by atoms with Crippen LogP contribution in [0.5, 0.6) is 0 Å². The predicted molar refractivity (Wildman–Crippen MR) is 80.0 cm³/mol. The topological polar surface area (TPSA) is 114 Å². The number of nitrogens with zero attached hydrogens (tertiary/aromatic N) is 1. The molecule has 0 fully saturated rings. The molecule has 1 rings (SSSR count). The quantitative estimate of drug-likeness (QED) is 0.248. The maximum absolute atomic E-state index is 12.2. The maximum atomic E-state index is 12.2. The molecule has 0 radical (unpaired) electrons. The van der Waals surface area contributed by atoms with E-state index in [0.717, 1.165) is 0 Å². The normalized spacial score (nSPS) is 11.0. The van der Waals surface area contributed by atoms with Gasteiger partial charge in [0.15, 0.2) is 5.71 Å². The monoisotopic (exact) mass is 322 g/mol. The Morgan fingerprint density at radius 2 is 1.61 bits per heavy atom. The third-order valence-corrected chi connectivity index (χ3v) is 2.68. The van der Waals surface area contributed by atoms with Crippen molar-refractivity contribution in [1.82, 2.24) is 5.32 Å². The average molecular weight is 322 g/mol. The van der Waals surface area contributed by atoms with Gasteiger partial charge in [0.05, 0.1) is 13.2 Å². The van der Waals surface area contributed by atoms with Crippen molar-refractivity contribution in [1.29, 1.82) is 0 Å². The van der Waals surface area contributed by atoms with Gasteiger partial charge in [-0.2, -0.15) is 0 Å². The predicted octanol–water partition coefficient (Wildman–Crippen LogP) is 0.476. The number of ether oxygens (including phenoxy) is 2. The summed E-state index contributed by atoms with van der Waals surface area (Å²) in [6, 6.07) is 6.44. The largest absolute Gasteiger partial charge is 0.464 e. The van der Waals surface area contributed by atoms with E-state index in [9.17, 15) is 14.4 Å². The summed E-state index contributed by atoms with van der Waals surface area (Å²) in [5.41, 5.74) is -0.0248. The minimum absolute atomic E-state index is 0.0320. The lowest BCUT2D eigenvalue weighted by molar-refractivity contribution is -0.159. The molecule has 0 aliphatic rings. The van der Waals surface area contributed by atoms with Crippen molar-refractivity contribution in [2.24, 2.45) is 5.16 Å². The Kier molecular flexibility index (Phi) is 7.25. The molecule has 0 atom stereocenters. The van der Waals surface area contributed by atoms with Crippen molar-refractivity contribution in [2.75, 3.05) is 13.2 Å². The van der Waals surface area contributed by atoms with Crippen LogP contribution >= 0.6 is 0 Å². The number of hydrogen-bond acceptors (Lipinski definition) is 7. The fourth-order valence-corrected chi connectivity index (χ4v) is 1.69. The molecule has 8 heteroatoms. The van der Waals surface area contributed by atoms with Crippen LogP contribution in [0.15, 0.2) is 35.5 Å². The number of amides is 1. The number of esters is 2. The summed E-state index contributed by atoms with van der Waals surface area (Å²) >= 11 is 0. The van der Waals surface area contributed by atoms with Crippen LogP contribution in [0.4, 0.5) is 0 Å². The van der Waals surface area contributed by atoms with Crippen molar-refractivity contribution in [3.63, 3.8) is 0 Å². The second-order valence-corrected chi connectivity index (χ2v) is 4.23. The SMILES string of the molecule is CCOC(=O)C(NC(=O)C(=NO)c1ccccc1)C(=O)OCC. The third kappa shape index (κ3) is 5.10. The van der Waals surface area contributed by atoms with Gasteiger partial charge in [-0.05, 0) is 13.8 Å². The van der Waals surface area contributed by atoms with Gasteiger partial charge >= 0.3 is 11.9 Å².